The molecule has 0 fully saturated rings. The van der Waals surface area contributed by atoms with Crippen molar-refractivity contribution in [2.45, 2.75) is 38.8 Å². The van der Waals surface area contributed by atoms with Crippen LogP contribution in [0.15, 0.2) is 31.0 Å². The fourth-order valence-corrected chi connectivity index (χ4v) is 1.60. The Morgan fingerprint density at radius 1 is 1.60 bits per heavy atom. The number of nitrogens with one attached hydrogen (secondary N) is 2. The van der Waals surface area contributed by atoms with Gasteiger partial charge in [-0.3, -0.25) is 10.8 Å². The van der Waals surface area contributed by atoms with Gasteiger partial charge in [0.05, 0.1) is 17.4 Å². The van der Waals surface area contributed by atoms with Gasteiger partial charge < -0.3 is 15.5 Å². The number of alkyl carbamates (subject to hydrolysis) is 1. The van der Waals surface area contributed by atoms with Crippen LogP contribution in [0, 0.1) is 0 Å². The molecular weight excluding hydrogens is 256 g/mol. The van der Waals surface area contributed by atoms with E-state index in [2.05, 4.69) is 22.3 Å². The number of amides is 1. The number of nitrogens with two attached hydrogens (primary N) is 1. The maximum absolute atomic E-state index is 11.8. The van der Waals surface area contributed by atoms with Crippen LogP contribution in [0.4, 0.5) is 10.5 Å². The predicted molar refractivity (Wildman–Crippen MR) is 79.0 cm³/mol. The molecule has 4 N–H and O–H groups in total. The number of pyridine rings is 1. The molecule has 0 saturated carbocycles. The Kier molecular flexibility index (Phi) is 5.52. The minimum Gasteiger partial charge on any atom is -0.444 e. The summed E-state index contributed by atoms with van der Waals surface area (Å²) in [5.74, 6) is 5.37. The number of ether oxygens (including phenoxy) is 1. The van der Waals surface area contributed by atoms with Gasteiger partial charge in [-0.2, -0.15) is 0 Å². The van der Waals surface area contributed by atoms with Crippen molar-refractivity contribution in [2.24, 2.45) is 5.84 Å². The third kappa shape index (κ3) is 5.27. The van der Waals surface area contributed by atoms with Gasteiger partial charge in [0.15, 0.2) is 0 Å². The molecule has 6 nitrogen and oxygen atoms in total. The van der Waals surface area contributed by atoms with E-state index in [9.17, 15) is 4.79 Å². The Balaban J connectivity index is 2.82. The van der Waals surface area contributed by atoms with Crippen molar-refractivity contribution in [1.82, 2.24) is 10.3 Å². The van der Waals surface area contributed by atoms with Crippen molar-refractivity contribution in [3.05, 3.63) is 36.7 Å². The SMILES string of the molecule is C=CCC(NC(=O)OC(C)(C)C)c1cc(NN)ccn1. The molecule has 0 radical (unpaired) electrons. The van der Waals surface area contributed by atoms with E-state index in [0.717, 1.165) is 5.69 Å². The van der Waals surface area contributed by atoms with Crippen LogP contribution >= 0.6 is 0 Å². The number of hydrazine groups is 1. The van der Waals surface area contributed by atoms with Crippen LogP contribution < -0.4 is 16.6 Å². The number of nitrogens with zero attached hydrogens (tertiary/aromatic N) is 1. The molecule has 0 bridgehead atoms. The van der Waals surface area contributed by atoms with Crippen LogP contribution in [0.3, 0.4) is 0 Å². The Morgan fingerprint density at radius 2 is 2.30 bits per heavy atom. The third-order valence-electron chi connectivity index (χ3n) is 2.40. The summed E-state index contributed by atoms with van der Waals surface area (Å²) in [4.78, 5) is 16.1. The zero-order chi connectivity index (χ0) is 15.2. The highest BCUT2D eigenvalue weighted by Gasteiger charge is 2.20. The molecule has 0 aromatic carbocycles. The quantitative estimate of drug-likeness (QED) is 0.437. The van der Waals surface area contributed by atoms with Gasteiger partial charge >= 0.3 is 6.09 Å². The average molecular weight is 278 g/mol. The van der Waals surface area contributed by atoms with Gasteiger partial charge in [0.1, 0.15) is 5.60 Å². The summed E-state index contributed by atoms with van der Waals surface area (Å²) in [7, 11) is 0. The highest BCUT2D eigenvalue weighted by Crippen LogP contribution is 2.19. The number of hydrogen-bond acceptors (Lipinski definition) is 5. The molecule has 0 aliphatic rings. The van der Waals surface area contributed by atoms with Crippen LogP contribution in [0.5, 0.6) is 0 Å². The lowest BCUT2D eigenvalue weighted by atomic mass is 10.1. The van der Waals surface area contributed by atoms with Gasteiger partial charge in [0, 0.05) is 6.20 Å². The lowest BCUT2D eigenvalue weighted by Gasteiger charge is -2.23. The Bertz CT molecular complexity index is 468. The largest absolute Gasteiger partial charge is 0.444 e. The maximum Gasteiger partial charge on any atom is 0.408 e. The molecule has 1 amide bonds. The van der Waals surface area contributed by atoms with E-state index >= 15 is 0 Å². The minimum atomic E-state index is -0.545. The molecule has 1 aromatic rings. The second-order valence-corrected chi connectivity index (χ2v) is 5.34. The molecule has 1 unspecified atom stereocenters. The monoisotopic (exact) mass is 278 g/mol. The lowest BCUT2D eigenvalue weighted by molar-refractivity contribution is 0.0503. The molecule has 0 aliphatic carbocycles. The number of aromatic nitrogens is 1. The summed E-state index contributed by atoms with van der Waals surface area (Å²) in [5.41, 5.74) is 3.41. The Morgan fingerprint density at radius 3 is 2.85 bits per heavy atom. The molecule has 0 saturated heterocycles. The normalized spacial score (nSPS) is 12.4. The summed E-state index contributed by atoms with van der Waals surface area (Å²) in [5, 5.41) is 2.78. The highest BCUT2D eigenvalue weighted by atomic mass is 16.6. The topological polar surface area (TPSA) is 89.3 Å². The van der Waals surface area contributed by atoms with Gasteiger partial charge in [-0.1, -0.05) is 6.08 Å². The Labute approximate surface area is 119 Å². The second-order valence-electron chi connectivity index (χ2n) is 5.34. The van der Waals surface area contributed by atoms with E-state index in [1.54, 1.807) is 24.4 Å². The van der Waals surface area contributed by atoms with Crippen molar-refractivity contribution < 1.29 is 9.53 Å². The number of carbonyl (C=O) groups is 1. The van der Waals surface area contributed by atoms with Gasteiger partial charge in [0.25, 0.3) is 0 Å². The molecule has 110 valence electrons. The standard InChI is InChI=1S/C14H22N4O2/c1-5-6-11(17-13(19)20-14(2,3)4)12-9-10(18-15)7-8-16-12/h5,7-9,11H,1,6,15H2,2-4H3,(H,16,18)(H,17,19). The first kappa shape index (κ1) is 16.0. The second kappa shape index (κ2) is 6.91. The van der Waals surface area contributed by atoms with Gasteiger partial charge in [0.2, 0.25) is 0 Å². The van der Waals surface area contributed by atoms with E-state index in [1.807, 2.05) is 20.8 Å². The van der Waals surface area contributed by atoms with Crippen molar-refractivity contribution in [1.29, 1.82) is 0 Å². The van der Waals surface area contributed by atoms with Crippen LogP contribution in [0.2, 0.25) is 0 Å². The van der Waals surface area contributed by atoms with Gasteiger partial charge in [-0.15, -0.1) is 6.58 Å². The molecule has 6 heteroatoms. The zero-order valence-electron chi connectivity index (χ0n) is 12.1. The third-order valence-corrected chi connectivity index (χ3v) is 2.40. The molecule has 1 rings (SSSR count). The summed E-state index contributed by atoms with van der Waals surface area (Å²) < 4.78 is 5.24. The first-order chi connectivity index (χ1) is 9.35. The molecular formula is C14H22N4O2. The van der Waals surface area contributed by atoms with E-state index in [-0.39, 0.29) is 6.04 Å². The fourth-order valence-electron chi connectivity index (χ4n) is 1.60. The van der Waals surface area contributed by atoms with E-state index in [0.29, 0.717) is 12.1 Å². The van der Waals surface area contributed by atoms with E-state index < -0.39 is 11.7 Å². The van der Waals surface area contributed by atoms with E-state index in [4.69, 9.17) is 10.6 Å². The van der Waals surface area contributed by atoms with Crippen molar-refractivity contribution >= 4 is 11.8 Å². The molecule has 1 atom stereocenters. The summed E-state index contributed by atoms with van der Waals surface area (Å²) >= 11 is 0. The molecule has 20 heavy (non-hydrogen) atoms. The summed E-state index contributed by atoms with van der Waals surface area (Å²) in [6.45, 7) is 9.13. The van der Waals surface area contributed by atoms with E-state index in [1.165, 1.54) is 0 Å². The molecule has 1 aromatic heterocycles. The van der Waals surface area contributed by atoms with Crippen molar-refractivity contribution in [3.8, 4) is 0 Å². The fraction of sp³-hybridized carbons (Fsp3) is 0.429. The average Bonchev–Trinajstić information content (AvgIpc) is 2.36. The zero-order valence-corrected chi connectivity index (χ0v) is 12.1. The van der Waals surface area contributed by atoms with Crippen molar-refractivity contribution in [3.63, 3.8) is 0 Å². The maximum atomic E-state index is 11.8. The lowest BCUT2D eigenvalue weighted by Crippen LogP contribution is -2.35. The van der Waals surface area contributed by atoms with Gasteiger partial charge in [-0.05, 0) is 39.3 Å². The summed E-state index contributed by atoms with van der Waals surface area (Å²) in [6.07, 6.45) is 3.39. The summed E-state index contributed by atoms with van der Waals surface area (Å²) in [6, 6.07) is 3.20. The number of nitrogen functional groups attached to an aromatic ring is 1. The number of rotatable bonds is 5. The Hall–Kier alpha value is -2.08. The number of anilines is 1. The first-order valence-electron chi connectivity index (χ1n) is 6.38. The van der Waals surface area contributed by atoms with Crippen LogP contribution in [-0.4, -0.2) is 16.7 Å². The predicted octanol–water partition coefficient (Wildman–Crippen LogP) is 2.51. The smallest absolute Gasteiger partial charge is 0.408 e. The van der Waals surface area contributed by atoms with Crippen LogP contribution in [0.1, 0.15) is 38.9 Å². The van der Waals surface area contributed by atoms with Crippen molar-refractivity contribution in [2.75, 3.05) is 5.43 Å². The minimum absolute atomic E-state index is 0.310. The first-order valence-corrected chi connectivity index (χ1v) is 6.38. The van der Waals surface area contributed by atoms with Crippen LogP contribution in [0.25, 0.3) is 0 Å². The number of hydrogen-bond donors (Lipinski definition) is 3. The molecule has 0 aliphatic heterocycles. The van der Waals surface area contributed by atoms with Gasteiger partial charge in [-0.25, -0.2) is 4.79 Å². The molecule has 1 heterocycles. The molecule has 0 spiro atoms. The number of carbonyl (C=O) groups excluding carboxylic acids is 1. The van der Waals surface area contributed by atoms with Crippen LogP contribution in [-0.2, 0) is 4.74 Å². The highest BCUT2D eigenvalue weighted by molar-refractivity contribution is 5.68.